The molecule has 2 heterocycles. The highest BCUT2D eigenvalue weighted by molar-refractivity contribution is 5.67. The van der Waals surface area contributed by atoms with Crippen LogP contribution in [0, 0.1) is 0 Å². The number of hydrogen-bond acceptors (Lipinski definition) is 6. The van der Waals surface area contributed by atoms with Crippen molar-refractivity contribution in [2.75, 3.05) is 12.4 Å². The quantitative estimate of drug-likeness (QED) is 0.548. The molecule has 2 aromatic carbocycles. The van der Waals surface area contributed by atoms with E-state index in [2.05, 4.69) is 30.7 Å². The van der Waals surface area contributed by atoms with E-state index in [9.17, 15) is 0 Å². The molecule has 0 radical (unpaired) electrons. The zero-order valence-electron chi connectivity index (χ0n) is 14.8. The van der Waals surface area contributed by atoms with Crippen LogP contribution in [0.1, 0.15) is 5.69 Å². The molecule has 2 N–H and O–H groups in total. The van der Waals surface area contributed by atoms with Gasteiger partial charge in [-0.1, -0.05) is 42.5 Å². The van der Waals surface area contributed by atoms with Crippen molar-refractivity contribution in [3.05, 3.63) is 72.6 Å². The van der Waals surface area contributed by atoms with Gasteiger partial charge in [0.05, 0.1) is 36.9 Å². The Morgan fingerprint density at radius 3 is 2.67 bits per heavy atom. The summed E-state index contributed by atoms with van der Waals surface area (Å²) in [6.07, 6.45) is 1.62. The van der Waals surface area contributed by atoms with Gasteiger partial charge in [0, 0.05) is 11.1 Å². The largest absolute Gasteiger partial charge is 0.496 e. The van der Waals surface area contributed by atoms with Crippen molar-refractivity contribution < 1.29 is 4.74 Å². The maximum absolute atomic E-state index is 5.39. The lowest BCUT2D eigenvalue weighted by Crippen LogP contribution is -2.05. The van der Waals surface area contributed by atoms with Gasteiger partial charge in [-0.15, -0.1) is 5.10 Å². The molecular weight excluding hydrogens is 340 g/mol. The number of anilines is 1. The van der Waals surface area contributed by atoms with E-state index in [0.29, 0.717) is 18.2 Å². The van der Waals surface area contributed by atoms with Gasteiger partial charge in [0.2, 0.25) is 5.95 Å². The summed E-state index contributed by atoms with van der Waals surface area (Å²) in [5.74, 6) is 1.18. The topological polar surface area (TPSA) is 88.6 Å². The fraction of sp³-hybridized carbons (Fsp3) is 0.100. The van der Waals surface area contributed by atoms with Crippen LogP contribution in [-0.2, 0) is 6.54 Å². The van der Waals surface area contributed by atoms with Crippen LogP contribution >= 0.6 is 0 Å². The predicted octanol–water partition coefficient (Wildman–Crippen LogP) is 3.55. The summed E-state index contributed by atoms with van der Waals surface area (Å²) in [6, 6.07) is 19.7. The molecule has 27 heavy (non-hydrogen) atoms. The Kier molecular flexibility index (Phi) is 4.74. The number of nitrogens with one attached hydrogen (secondary N) is 2. The monoisotopic (exact) mass is 358 g/mol. The fourth-order valence-corrected chi connectivity index (χ4v) is 2.75. The Morgan fingerprint density at radius 2 is 1.81 bits per heavy atom. The lowest BCUT2D eigenvalue weighted by molar-refractivity contribution is 0.416. The third-order valence-corrected chi connectivity index (χ3v) is 4.08. The summed E-state index contributed by atoms with van der Waals surface area (Å²) < 4.78 is 5.39. The molecule has 134 valence electrons. The van der Waals surface area contributed by atoms with Crippen molar-refractivity contribution in [1.82, 2.24) is 25.4 Å². The maximum Gasteiger partial charge on any atom is 0.243 e. The van der Waals surface area contributed by atoms with E-state index in [1.165, 1.54) is 0 Å². The van der Waals surface area contributed by atoms with Crippen LogP contribution in [0.15, 0.2) is 66.9 Å². The Balaban J connectivity index is 1.49. The number of ether oxygens (including phenoxy) is 1. The molecule has 0 aliphatic rings. The zero-order valence-corrected chi connectivity index (χ0v) is 14.8. The Bertz CT molecular complexity index is 1030. The molecule has 0 fully saturated rings. The molecule has 7 nitrogen and oxygen atoms in total. The second-order valence-corrected chi connectivity index (χ2v) is 5.86. The number of aromatic nitrogens is 5. The van der Waals surface area contributed by atoms with Crippen LogP contribution in [0.4, 0.5) is 5.95 Å². The van der Waals surface area contributed by atoms with Crippen molar-refractivity contribution in [2.45, 2.75) is 6.54 Å². The highest BCUT2D eigenvalue weighted by atomic mass is 16.5. The molecule has 0 aliphatic carbocycles. The Morgan fingerprint density at radius 1 is 1.00 bits per heavy atom. The van der Waals surface area contributed by atoms with E-state index in [1.54, 1.807) is 13.3 Å². The summed E-state index contributed by atoms with van der Waals surface area (Å²) in [5, 5.41) is 18.7. The molecule has 7 heteroatoms. The first-order valence-electron chi connectivity index (χ1n) is 8.50. The molecule has 0 atom stereocenters. The standard InChI is InChI=1S/C20H18N6O/c1-27-19-10-6-5-9-16(19)18-13-22-26-20(23-18)21-12-15-11-17(25-24-15)14-7-3-2-4-8-14/h2-11,13H,12H2,1H3,(H,24,25)(H,21,23,26). The number of aromatic amines is 1. The van der Waals surface area contributed by atoms with E-state index in [0.717, 1.165) is 28.3 Å². The van der Waals surface area contributed by atoms with Gasteiger partial charge in [-0.05, 0) is 18.2 Å². The minimum absolute atomic E-state index is 0.439. The maximum atomic E-state index is 5.39. The number of rotatable bonds is 6. The summed E-state index contributed by atoms with van der Waals surface area (Å²) in [6.45, 7) is 0.511. The molecule has 0 amide bonds. The number of benzene rings is 2. The second-order valence-electron chi connectivity index (χ2n) is 5.86. The minimum Gasteiger partial charge on any atom is -0.496 e. The zero-order chi connectivity index (χ0) is 18.5. The van der Waals surface area contributed by atoms with Gasteiger partial charge in [-0.3, -0.25) is 5.10 Å². The molecule has 2 aromatic heterocycles. The fourth-order valence-electron chi connectivity index (χ4n) is 2.75. The highest BCUT2D eigenvalue weighted by Gasteiger charge is 2.09. The smallest absolute Gasteiger partial charge is 0.243 e. The van der Waals surface area contributed by atoms with Crippen LogP contribution in [0.3, 0.4) is 0 Å². The van der Waals surface area contributed by atoms with Crippen LogP contribution in [0.5, 0.6) is 5.75 Å². The van der Waals surface area contributed by atoms with Crippen molar-refractivity contribution in [3.63, 3.8) is 0 Å². The number of H-pyrrole nitrogens is 1. The summed E-state index contributed by atoms with van der Waals surface area (Å²) in [4.78, 5) is 4.53. The summed E-state index contributed by atoms with van der Waals surface area (Å²) >= 11 is 0. The van der Waals surface area contributed by atoms with Gasteiger partial charge in [0.25, 0.3) is 0 Å². The van der Waals surface area contributed by atoms with Crippen LogP contribution in [0.2, 0.25) is 0 Å². The average molecular weight is 358 g/mol. The average Bonchev–Trinajstić information content (AvgIpc) is 3.22. The van der Waals surface area contributed by atoms with Crippen molar-refractivity contribution in [3.8, 4) is 28.3 Å². The van der Waals surface area contributed by atoms with Gasteiger partial charge in [-0.2, -0.15) is 10.2 Å². The van der Waals surface area contributed by atoms with Crippen molar-refractivity contribution in [2.24, 2.45) is 0 Å². The van der Waals surface area contributed by atoms with Gasteiger partial charge >= 0.3 is 0 Å². The Hall–Kier alpha value is -3.74. The van der Waals surface area contributed by atoms with E-state index in [4.69, 9.17) is 4.74 Å². The third kappa shape index (κ3) is 3.77. The molecule has 0 aliphatic heterocycles. The first-order chi connectivity index (χ1) is 13.3. The summed E-state index contributed by atoms with van der Waals surface area (Å²) in [5.41, 5.74) is 4.45. The third-order valence-electron chi connectivity index (χ3n) is 4.08. The predicted molar refractivity (Wildman–Crippen MR) is 103 cm³/mol. The number of para-hydroxylation sites is 1. The molecule has 4 aromatic rings. The first kappa shape index (κ1) is 16.7. The lowest BCUT2D eigenvalue weighted by atomic mass is 10.1. The van der Waals surface area contributed by atoms with E-state index < -0.39 is 0 Å². The molecule has 0 saturated carbocycles. The van der Waals surface area contributed by atoms with Crippen LogP contribution in [0.25, 0.3) is 22.5 Å². The molecule has 4 rings (SSSR count). The SMILES string of the molecule is COc1ccccc1-c1cnnc(NCc2cc(-c3ccccc3)n[nH]2)n1. The molecule has 0 unspecified atom stereocenters. The second kappa shape index (κ2) is 7.65. The minimum atomic E-state index is 0.439. The van der Waals surface area contributed by atoms with Crippen molar-refractivity contribution in [1.29, 1.82) is 0 Å². The highest BCUT2D eigenvalue weighted by Crippen LogP contribution is 2.27. The van der Waals surface area contributed by atoms with E-state index in [-0.39, 0.29) is 0 Å². The molecular formula is C20H18N6O. The lowest BCUT2D eigenvalue weighted by Gasteiger charge is -2.08. The molecule has 0 spiro atoms. The van der Waals surface area contributed by atoms with Crippen molar-refractivity contribution >= 4 is 5.95 Å². The number of nitrogens with zero attached hydrogens (tertiary/aromatic N) is 4. The van der Waals surface area contributed by atoms with Gasteiger partial charge in [-0.25, -0.2) is 4.98 Å². The van der Waals surface area contributed by atoms with Gasteiger partial charge in [0.1, 0.15) is 5.75 Å². The van der Waals surface area contributed by atoms with E-state index >= 15 is 0 Å². The van der Waals surface area contributed by atoms with E-state index in [1.807, 2.05) is 60.7 Å². The van der Waals surface area contributed by atoms with Gasteiger partial charge < -0.3 is 10.1 Å². The van der Waals surface area contributed by atoms with Crippen LogP contribution < -0.4 is 10.1 Å². The summed E-state index contributed by atoms with van der Waals surface area (Å²) in [7, 11) is 1.63. The van der Waals surface area contributed by atoms with Crippen LogP contribution in [-0.4, -0.2) is 32.5 Å². The number of hydrogen-bond donors (Lipinski definition) is 2. The first-order valence-corrected chi connectivity index (χ1v) is 8.50. The Labute approximate surface area is 156 Å². The molecule has 0 saturated heterocycles. The van der Waals surface area contributed by atoms with Gasteiger partial charge in [0.15, 0.2) is 0 Å². The molecule has 0 bridgehead atoms. The number of methoxy groups -OCH3 is 1. The normalized spacial score (nSPS) is 10.6.